The zero-order valence-corrected chi connectivity index (χ0v) is 13.1. The number of nitrogens with zero attached hydrogens (tertiary/aromatic N) is 2. The number of Topliss-reactive ketones (excluding diaryl/α,β-unsaturated/α-hetero) is 1. The number of hydrogen-bond acceptors (Lipinski definition) is 5. The van der Waals surface area contributed by atoms with Crippen molar-refractivity contribution in [2.75, 3.05) is 12.8 Å². The number of amides is 1. The van der Waals surface area contributed by atoms with Gasteiger partial charge in [0.15, 0.2) is 5.78 Å². The van der Waals surface area contributed by atoms with Gasteiger partial charge in [0.1, 0.15) is 5.37 Å². The molecule has 1 aliphatic heterocycles. The van der Waals surface area contributed by atoms with Gasteiger partial charge in [0.05, 0.1) is 6.42 Å². The van der Waals surface area contributed by atoms with E-state index in [0.29, 0.717) is 11.3 Å². The zero-order valence-electron chi connectivity index (χ0n) is 12.3. The second kappa shape index (κ2) is 6.74. The summed E-state index contributed by atoms with van der Waals surface area (Å²) in [5, 5.41) is 8.58. The lowest BCUT2D eigenvalue weighted by molar-refractivity contribution is -0.137. The van der Waals surface area contributed by atoms with E-state index >= 15 is 0 Å². The maximum absolute atomic E-state index is 12.7. The minimum Gasteiger partial charge on any atom is -0.481 e. The van der Waals surface area contributed by atoms with E-state index in [9.17, 15) is 14.4 Å². The number of carboxylic acids is 1. The van der Waals surface area contributed by atoms with Crippen molar-refractivity contribution in [3.8, 4) is 0 Å². The fourth-order valence-corrected chi connectivity index (χ4v) is 3.41. The van der Waals surface area contributed by atoms with E-state index < -0.39 is 23.7 Å². The van der Waals surface area contributed by atoms with Crippen molar-refractivity contribution in [2.24, 2.45) is 0 Å². The Bertz CT molecular complexity index is 642. The molecule has 1 unspecified atom stereocenters. The first-order valence-corrected chi connectivity index (χ1v) is 7.80. The third kappa shape index (κ3) is 3.04. The Morgan fingerprint density at radius 2 is 2.00 bits per heavy atom. The Morgan fingerprint density at radius 3 is 2.55 bits per heavy atom. The summed E-state index contributed by atoms with van der Waals surface area (Å²) in [6, 6.07) is 3.12. The third-order valence-electron chi connectivity index (χ3n) is 3.34. The second-order valence-electron chi connectivity index (χ2n) is 4.75. The van der Waals surface area contributed by atoms with Crippen LogP contribution in [0, 0.1) is 0 Å². The number of hydrogen-bond donors (Lipinski definition) is 1. The summed E-state index contributed by atoms with van der Waals surface area (Å²) in [6.07, 6.45) is 2.54. The molecule has 0 bridgehead atoms. The lowest BCUT2D eigenvalue weighted by Gasteiger charge is -2.21. The monoisotopic (exact) mass is 320 g/mol. The molecule has 0 saturated heterocycles. The molecule has 22 heavy (non-hydrogen) atoms. The quantitative estimate of drug-likeness (QED) is 0.801. The molecule has 2 rings (SSSR count). The molecule has 0 spiro atoms. The van der Waals surface area contributed by atoms with E-state index in [2.05, 4.69) is 4.98 Å². The molecule has 7 heteroatoms. The molecule has 6 nitrogen and oxygen atoms in total. The van der Waals surface area contributed by atoms with Crippen LogP contribution in [0.15, 0.2) is 35.7 Å². The van der Waals surface area contributed by atoms with Crippen molar-refractivity contribution in [2.45, 2.75) is 18.7 Å². The SMILES string of the molecule is CCSC1C(C(=O)c2ccncc2)=C(CC(=O)O)C(=O)N1C. The van der Waals surface area contributed by atoms with E-state index in [1.54, 1.807) is 19.2 Å². The molecule has 0 saturated carbocycles. The number of aromatic nitrogens is 1. The van der Waals surface area contributed by atoms with E-state index in [0.717, 1.165) is 0 Å². The molecule has 1 aromatic heterocycles. The largest absolute Gasteiger partial charge is 0.481 e. The van der Waals surface area contributed by atoms with Gasteiger partial charge >= 0.3 is 5.97 Å². The first-order valence-electron chi connectivity index (χ1n) is 6.75. The maximum atomic E-state index is 12.7. The van der Waals surface area contributed by atoms with Crippen LogP contribution in [0.1, 0.15) is 23.7 Å². The highest BCUT2D eigenvalue weighted by atomic mass is 32.2. The number of carbonyl (C=O) groups excluding carboxylic acids is 2. The minimum absolute atomic E-state index is 0.0720. The molecule has 116 valence electrons. The number of aliphatic carboxylic acids is 1. The van der Waals surface area contributed by atoms with Crippen LogP contribution >= 0.6 is 11.8 Å². The van der Waals surface area contributed by atoms with Gasteiger partial charge in [-0.05, 0) is 17.9 Å². The van der Waals surface area contributed by atoms with Crippen LogP contribution in [0.2, 0.25) is 0 Å². The van der Waals surface area contributed by atoms with Gasteiger partial charge in [-0.15, -0.1) is 11.8 Å². The summed E-state index contributed by atoms with van der Waals surface area (Å²) in [5.41, 5.74) is 0.744. The van der Waals surface area contributed by atoms with Crippen LogP contribution in [-0.2, 0) is 9.59 Å². The Labute approximate surface area is 132 Å². The summed E-state index contributed by atoms with van der Waals surface area (Å²) in [4.78, 5) is 41.4. The predicted octanol–water partition coefficient (Wildman–Crippen LogP) is 1.59. The normalized spacial score (nSPS) is 18.0. The highest BCUT2D eigenvalue weighted by molar-refractivity contribution is 8.00. The lowest BCUT2D eigenvalue weighted by Crippen LogP contribution is -2.31. The van der Waals surface area contributed by atoms with E-state index in [-0.39, 0.29) is 16.9 Å². The Kier molecular flexibility index (Phi) is 4.97. The predicted molar refractivity (Wildman–Crippen MR) is 82.5 cm³/mol. The van der Waals surface area contributed by atoms with Crippen LogP contribution in [0.5, 0.6) is 0 Å². The smallest absolute Gasteiger partial charge is 0.308 e. The summed E-state index contributed by atoms with van der Waals surface area (Å²) in [6.45, 7) is 1.92. The second-order valence-corrected chi connectivity index (χ2v) is 6.11. The fourth-order valence-electron chi connectivity index (χ4n) is 2.36. The van der Waals surface area contributed by atoms with Gasteiger partial charge in [0, 0.05) is 36.2 Å². The molecule has 1 atom stereocenters. The molecule has 0 aliphatic carbocycles. The Morgan fingerprint density at radius 1 is 1.36 bits per heavy atom. The van der Waals surface area contributed by atoms with Crippen molar-refractivity contribution in [3.05, 3.63) is 41.2 Å². The average Bonchev–Trinajstić information content (AvgIpc) is 2.72. The molecular weight excluding hydrogens is 304 g/mol. The van der Waals surface area contributed by atoms with Gasteiger partial charge in [0.25, 0.3) is 5.91 Å². The number of ketones is 1. The van der Waals surface area contributed by atoms with Crippen LogP contribution in [0.3, 0.4) is 0 Å². The van der Waals surface area contributed by atoms with E-state index in [4.69, 9.17) is 5.11 Å². The highest BCUT2D eigenvalue weighted by Crippen LogP contribution is 2.35. The average molecular weight is 320 g/mol. The number of rotatable bonds is 6. The number of pyridine rings is 1. The number of carbonyl (C=O) groups is 3. The van der Waals surface area contributed by atoms with Gasteiger partial charge in [0.2, 0.25) is 0 Å². The first-order chi connectivity index (χ1) is 10.5. The van der Waals surface area contributed by atoms with Crippen molar-refractivity contribution >= 4 is 29.4 Å². The van der Waals surface area contributed by atoms with Crippen LogP contribution in [-0.4, -0.2) is 50.8 Å². The van der Waals surface area contributed by atoms with Crippen LogP contribution < -0.4 is 0 Å². The summed E-state index contributed by atoms with van der Waals surface area (Å²) in [7, 11) is 1.59. The summed E-state index contributed by atoms with van der Waals surface area (Å²) in [5.74, 6) is -1.14. The van der Waals surface area contributed by atoms with E-state index in [1.807, 2.05) is 6.92 Å². The molecule has 0 aromatic carbocycles. The maximum Gasteiger partial charge on any atom is 0.308 e. The minimum atomic E-state index is -1.13. The summed E-state index contributed by atoms with van der Waals surface area (Å²) < 4.78 is 0. The third-order valence-corrected chi connectivity index (χ3v) is 4.54. The van der Waals surface area contributed by atoms with Crippen molar-refractivity contribution in [1.82, 2.24) is 9.88 Å². The highest BCUT2D eigenvalue weighted by Gasteiger charge is 2.41. The Hall–Kier alpha value is -2.15. The number of thioether (sulfide) groups is 1. The molecular formula is C15H16N2O4S. The standard InChI is InChI=1S/C15H16N2O4S/c1-3-22-15-12(13(20)9-4-6-16-7-5-9)10(8-11(18)19)14(21)17(15)2/h4-7,15H,3,8H2,1-2H3,(H,18,19). The molecule has 1 aliphatic rings. The van der Waals surface area contributed by atoms with Crippen LogP contribution in [0.25, 0.3) is 0 Å². The molecule has 0 fully saturated rings. The lowest BCUT2D eigenvalue weighted by atomic mass is 9.99. The van der Waals surface area contributed by atoms with E-state index in [1.165, 1.54) is 29.1 Å². The molecule has 1 N–H and O–H groups in total. The van der Waals surface area contributed by atoms with Gasteiger partial charge in [-0.2, -0.15) is 0 Å². The topological polar surface area (TPSA) is 87.6 Å². The molecule has 1 amide bonds. The molecule has 2 heterocycles. The van der Waals surface area contributed by atoms with Crippen LogP contribution in [0.4, 0.5) is 0 Å². The summed E-state index contributed by atoms with van der Waals surface area (Å²) >= 11 is 1.43. The van der Waals surface area contributed by atoms with Crippen molar-refractivity contribution in [1.29, 1.82) is 0 Å². The van der Waals surface area contributed by atoms with Gasteiger partial charge in [-0.3, -0.25) is 19.4 Å². The van der Waals surface area contributed by atoms with Gasteiger partial charge in [-0.25, -0.2) is 0 Å². The van der Waals surface area contributed by atoms with Crippen molar-refractivity contribution < 1.29 is 19.5 Å². The van der Waals surface area contributed by atoms with Crippen molar-refractivity contribution in [3.63, 3.8) is 0 Å². The number of likely N-dealkylation sites (N-methyl/N-ethyl adjacent to an activating group) is 1. The van der Waals surface area contributed by atoms with Gasteiger partial charge < -0.3 is 10.0 Å². The molecule has 0 radical (unpaired) electrons. The first kappa shape index (κ1) is 16.2. The zero-order chi connectivity index (χ0) is 16.3. The fraction of sp³-hybridized carbons (Fsp3) is 0.333. The Balaban J connectivity index is 2.51. The molecule has 1 aromatic rings. The number of carboxylic acid groups (broad SMARTS) is 1. The van der Waals surface area contributed by atoms with Gasteiger partial charge in [-0.1, -0.05) is 6.92 Å².